The summed E-state index contributed by atoms with van der Waals surface area (Å²) in [5.41, 5.74) is 0.889. The zero-order valence-corrected chi connectivity index (χ0v) is 15.6. The van der Waals surface area contributed by atoms with Crippen LogP contribution in [0.25, 0.3) is 0 Å². The molecule has 0 bridgehead atoms. The number of benzene rings is 2. The van der Waals surface area contributed by atoms with Crippen molar-refractivity contribution in [3.63, 3.8) is 0 Å². The molecular formula is C22H23N3O2. The second-order valence-corrected chi connectivity index (χ2v) is 7.79. The minimum absolute atomic E-state index is 0.0817. The molecule has 27 heavy (non-hydrogen) atoms. The zero-order chi connectivity index (χ0) is 19.1. The molecule has 2 heterocycles. The van der Waals surface area contributed by atoms with Crippen LogP contribution in [-0.2, 0) is 11.3 Å². The molecule has 2 fully saturated rings. The maximum absolute atomic E-state index is 13.0. The molecule has 2 aliphatic heterocycles. The first-order valence-corrected chi connectivity index (χ1v) is 9.16. The topological polar surface area (TPSA) is 65.4 Å². The molecule has 2 saturated heterocycles. The number of hydrogen-bond acceptors (Lipinski definition) is 4. The third kappa shape index (κ3) is 2.87. The minimum atomic E-state index is -0.628. The van der Waals surface area contributed by atoms with Crippen LogP contribution in [0.5, 0.6) is 5.75 Å². The van der Waals surface area contributed by atoms with Crippen molar-refractivity contribution in [2.75, 3.05) is 13.7 Å². The van der Waals surface area contributed by atoms with Crippen molar-refractivity contribution in [2.45, 2.75) is 31.5 Å². The van der Waals surface area contributed by atoms with Gasteiger partial charge in [-0.2, -0.15) is 5.26 Å². The molecule has 0 saturated carbocycles. The van der Waals surface area contributed by atoms with Crippen LogP contribution < -0.4 is 10.1 Å². The average Bonchev–Trinajstić information content (AvgIpc) is 3.04. The number of rotatable bonds is 4. The quantitative estimate of drug-likeness (QED) is 0.850. The molecule has 1 amide bonds. The SMILES string of the molecule is COc1ccc(CN2CC3(CC(C)(C#N)C(c4ccccc4)N3)C2=O)cc1. The Hall–Kier alpha value is -2.84. The van der Waals surface area contributed by atoms with E-state index in [4.69, 9.17) is 4.74 Å². The summed E-state index contributed by atoms with van der Waals surface area (Å²) in [6, 6.07) is 20.0. The fourth-order valence-electron chi connectivity index (χ4n) is 4.41. The van der Waals surface area contributed by atoms with Crippen molar-refractivity contribution in [3.05, 3.63) is 65.7 Å². The fourth-order valence-corrected chi connectivity index (χ4v) is 4.41. The van der Waals surface area contributed by atoms with Gasteiger partial charge in [-0.3, -0.25) is 10.1 Å². The van der Waals surface area contributed by atoms with E-state index >= 15 is 0 Å². The van der Waals surface area contributed by atoms with Gasteiger partial charge in [-0.25, -0.2) is 0 Å². The van der Waals surface area contributed by atoms with Crippen molar-refractivity contribution in [2.24, 2.45) is 5.41 Å². The number of carbonyl (C=O) groups excluding carboxylic acids is 1. The maximum Gasteiger partial charge on any atom is 0.245 e. The van der Waals surface area contributed by atoms with Crippen molar-refractivity contribution >= 4 is 5.91 Å². The lowest BCUT2D eigenvalue weighted by Gasteiger charge is -2.47. The van der Waals surface area contributed by atoms with Crippen molar-refractivity contribution in [3.8, 4) is 11.8 Å². The Labute approximate surface area is 159 Å². The van der Waals surface area contributed by atoms with E-state index in [-0.39, 0.29) is 11.9 Å². The van der Waals surface area contributed by atoms with E-state index in [1.807, 2.05) is 66.4 Å². The highest BCUT2D eigenvalue weighted by atomic mass is 16.5. The summed E-state index contributed by atoms with van der Waals surface area (Å²) in [6.45, 7) is 3.15. The van der Waals surface area contributed by atoms with Crippen LogP contribution >= 0.6 is 0 Å². The second kappa shape index (κ2) is 6.40. The molecule has 0 aliphatic carbocycles. The van der Waals surface area contributed by atoms with Gasteiger partial charge in [-0.1, -0.05) is 42.5 Å². The molecule has 0 aromatic heterocycles. The van der Waals surface area contributed by atoms with Crippen LogP contribution in [0.1, 0.15) is 30.5 Å². The van der Waals surface area contributed by atoms with E-state index in [1.54, 1.807) is 7.11 Å². The Morgan fingerprint density at radius 1 is 1.22 bits per heavy atom. The molecule has 2 aromatic carbocycles. The Morgan fingerprint density at radius 2 is 1.93 bits per heavy atom. The van der Waals surface area contributed by atoms with Crippen LogP contribution in [0, 0.1) is 16.7 Å². The van der Waals surface area contributed by atoms with Gasteiger partial charge in [0.05, 0.1) is 24.6 Å². The number of nitrogens with zero attached hydrogens (tertiary/aromatic N) is 2. The van der Waals surface area contributed by atoms with Crippen LogP contribution in [0.2, 0.25) is 0 Å². The first-order chi connectivity index (χ1) is 13.0. The van der Waals surface area contributed by atoms with Gasteiger partial charge in [-0.15, -0.1) is 0 Å². The Balaban J connectivity index is 1.50. The van der Waals surface area contributed by atoms with Crippen LogP contribution in [0.3, 0.4) is 0 Å². The lowest BCUT2D eigenvalue weighted by molar-refractivity contribution is -0.153. The van der Waals surface area contributed by atoms with Crippen LogP contribution in [0.15, 0.2) is 54.6 Å². The van der Waals surface area contributed by atoms with Crippen LogP contribution in [-0.4, -0.2) is 30.0 Å². The van der Waals surface area contributed by atoms with E-state index in [2.05, 4.69) is 11.4 Å². The highest BCUT2D eigenvalue weighted by Gasteiger charge is 2.63. The van der Waals surface area contributed by atoms with E-state index in [9.17, 15) is 10.1 Å². The largest absolute Gasteiger partial charge is 0.497 e. The van der Waals surface area contributed by atoms with E-state index in [0.29, 0.717) is 19.5 Å². The Bertz CT molecular complexity index is 890. The van der Waals surface area contributed by atoms with Crippen molar-refractivity contribution in [1.82, 2.24) is 10.2 Å². The average molecular weight is 361 g/mol. The summed E-state index contributed by atoms with van der Waals surface area (Å²) >= 11 is 0. The predicted octanol–water partition coefficient (Wildman–Crippen LogP) is 3.04. The lowest BCUT2D eigenvalue weighted by Crippen LogP contribution is -2.70. The third-order valence-corrected chi connectivity index (χ3v) is 5.80. The molecule has 3 unspecified atom stereocenters. The smallest absolute Gasteiger partial charge is 0.245 e. The number of carbonyl (C=O) groups is 1. The summed E-state index contributed by atoms with van der Waals surface area (Å²) in [4.78, 5) is 14.9. The molecule has 4 rings (SSSR count). The van der Waals surface area contributed by atoms with Gasteiger partial charge in [0.15, 0.2) is 0 Å². The second-order valence-electron chi connectivity index (χ2n) is 7.79. The zero-order valence-electron chi connectivity index (χ0n) is 15.6. The number of β-lactam (4-membered cyclic amide) rings is 1. The van der Waals surface area contributed by atoms with Crippen LogP contribution in [0.4, 0.5) is 0 Å². The molecule has 1 spiro atoms. The lowest BCUT2D eigenvalue weighted by atomic mass is 9.75. The summed E-state index contributed by atoms with van der Waals surface area (Å²) in [7, 11) is 1.64. The van der Waals surface area contributed by atoms with E-state index < -0.39 is 11.0 Å². The van der Waals surface area contributed by atoms with Crippen molar-refractivity contribution < 1.29 is 9.53 Å². The monoisotopic (exact) mass is 361 g/mol. The molecule has 5 heteroatoms. The highest BCUT2D eigenvalue weighted by molar-refractivity contribution is 5.93. The maximum atomic E-state index is 13.0. The first-order valence-electron chi connectivity index (χ1n) is 9.16. The molecule has 138 valence electrons. The van der Waals surface area contributed by atoms with E-state index in [0.717, 1.165) is 16.9 Å². The van der Waals surface area contributed by atoms with E-state index in [1.165, 1.54) is 0 Å². The molecule has 1 N–H and O–H groups in total. The fraction of sp³-hybridized carbons (Fsp3) is 0.364. The van der Waals surface area contributed by atoms with Gasteiger partial charge >= 0.3 is 0 Å². The molecule has 3 atom stereocenters. The molecular weight excluding hydrogens is 338 g/mol. The summed E-state index contributed by atoms with van der Waals surface area (Å²) in [6.07, 6.45) is 0.536. The minimum Gasteiger partial charge on any atom is -0.497 e. The van der Waals surface area contributed by atoms with Gasteiger partial charge in [0.25, 0.3) is 0 Å². The van der Waals surface area contributed by atoms with Gasteiger partial charge in [-0.05, 0) is 36.6 Å². The van der Waals surface area contributed by atoms with Gasteiger partial charge in [0, 0.05) is 13.1 Å². The first kappa shape index (κ1) is 17.6. The number of nitriles is 1. The van der Waals surface area contributed by atoms with Gasteiger partial charge in [0.2, 0.25) is 5.91 Å². The predicted molar refractivity (Wildman–Crippen MR) is 102 cm³/mol. The van der Waals surface area contributed by atoms with Gasteiger partial charge < -0.3 is 9.64 Å². The number of methoxy groups -OCH3 is 1. The number of amides is 1. The summed E-state index contributed by atoms with van der Waals surface area (Å²) in [5.74, 6) is 0.885. The number of ether oxygens (including phenoxy) is 1. The number of nitrogens with one attached hydrogen (secondary N) is 1. The molecule has 5 nitrogen and oxygen atoms in total. The molecule has 2 aromatic rings. The third-order valence-electron chi connectivity index (χ3n) is 5.80. The van der Waals surface area contributed by atoms with Gasteiger partial charge in [0.1, 0.15) is 11.3 Å². The normalized spacial score (nSPS) is 29.4. The standard InChI is InChI=1S/C22H23N3O2/c1-21(14-23)13-22(24-19(21)17-6-4-3-5-7-17)15-25(20(22)26)12-16-8-10-18(27-2)11-9-16/h3-11,19,24H,12-13,15H2,1-2H3. The highest BCUT2D eigenvalue weighted by Crippen LogP contribution is 2.50. The number of hydrogen-bond donors (Lipinski definition) is 1. The summed E-state index contributed by atoms with van der Waals surface area (Å²) < 4.78 is 5.18. The number of likely N-dealkylation sites (tertiary alicyclic amines) is 1. The Morgan fingerprint density at radius 3 is 2.52 bits per heavy atom. The molecule has 0 radical (unpaired) electrons. The Kier molecular flexibility index (Phi) is 4.16. The molecule has 2 aliphatic rings. The summed E-state index contributed by atoms with van der Waals surface area (Å²) in [5, 5.41) is 13.3. The van der Waals surface area contributed by atoms with Crippen molar-refractivity contribution in [1.29, 1.82) is 5.26 Å².